The van der Waals surface area contributed by atoms with Crippen LogP contribution >= 0.6 is 0 Å². The van der Waals surface area contributed by atoms with Gasteiger partial charge in [-0.25, -0.2) is 0 Å². The van der Waals surface area contributed by atoms with Gasteiger partial charge in [-0.05, 0) is 13.0 Å². The molecule has 0 N–H and O–H groups in total. The van der Waals surface area contributed by atoms with Crippen LogP contribution in [0.1, 0.15) is 12.5 Å². The molecule has 13 heavy (non-hydrogen) atoms. The number of ether oxygens (including phenoxy) is 2. The van der Waals surface area contributed by atoms with E-state index in [4.69, 9.17) is 9.47 Å². The third-order valence-electron chi connectivity index (χ3n) is 1.50. The summed E-state index contributed by atoms with van der Waals surface area (Å²) in [7, 11) is 3.12. The summed E-state index contributed by atoms with van der Waals surface area (Å²) in [5, 5.41) is 0. The molecule has 0 aliphatic carbocycles. The van der Waals surface area contributed by atoms with Crippen molar-refractivity contribution in [2.75, 3.05) is 14.2 Å². The summed E-state index contributed by atoms with van der Waals surface area (Å²) in [5.74, 6) is 6.69. The summed E-state index contributed by atoms with van der Waals surface area (Å²) in [6.45, 7) is 1.77. The van der Waals surface area contributed by atoms with Crippen LogP contribution in [0.5, 0.6) is 11.8 Å². The predicted molar refractivity (Wildman–Crippen MR) is 49.9 cm³/mol. The van der Waals surface area contributed by atoms with Crippen molar-refractivity contribution in [3.05, 3.63) is 17.7 Å². The standard InChI is InChI=1S/C10H11NO2/c1-4-5-8-6-7-9(12-2)11-10(8)13-3/h6-7H,1-3H3. The van der Waals surface area contributed by atoms with Gasteiger partial charge < -0.3 is 9.47 Å². The average Bonchev–Trinajstić information content (AvgIpc) is 2.19. The molecule has 0 bridgehead atoms. The van der Waals surface area contributed by atoms with E-state index in [1.165, 1.54) is 0 Å². The van der Waals surface area contributed by atoms with Gasteiger partial charge in [0.25, 0.3) is 0 Å². The highest BCUT2D eigenvalue weighted by molar-refractivity contribution is 5.43. The Hall–Kier alpha value is -1.69. The molecule has 0 spiro atoms. The summed E-state index contributed by atoms with van der Waals surface area (Å²) < 4.78 is 10.00. The summed E-state index contributed by atoms with van der Waals surface area (Å²) in [4.78, 5) is 4.08. The fourth-order valence-electron chi connectivity index (χ4n) is 0.923. The van der Waals surface area contributed by atoms with E-state index in [0.29, 0.717) is 11.8 Å². The molecule has 1 aromatic rings. The normalized spacial score (nSPS) is 8.54. The average molecular weight is 177 g/mol. The Morgan fingerprint density at radius 1 is 1.23 bits per heavy atom. The highest BCUT2D eigenvalue weighted by Crippen LogP contribution is 2.18. The van der Waals surface area contributed by atoms with Crippen molar-refractivity contribution in [2.24, 2.45) is 0 Å². The minimum atomic E-state index is 0.494. The maximum atomic E-state index is 5.05. The van der Waals surface area contributed by atoms with Gasteiger partial charge >= 0.3 is 0 Å². The van der Waals surface area contributed by atoms with Gasteiger partial charge in [-0.15, -0.1) is 5.92 Å². The number of hydrogen-bond donors (Lipinski definition) is 0. The molecule has 0 saturated heterocycles. The molecule has 0 unspecified atom stereocenters. The van der Waals surface area contributed by atoms with Gasteiger partial charge in [0.15, 0.2) is 0 Å². The number of hydrogen-bond acceptors (Lipinski definition) is 3. The Kier molecular flexibility index (Phi) is 3.15. The summed E-state index contributed by atoms with van der Waals surface area (Å²) in [6.07, 6.45) is 0. The number of aromatic nitrogens is 1. The molecule has 1 heterocycles. The number of rotatable bonds is 2. The highest BCUT2D eigenvalue weighted by atomic mass is 16.5. The molecule has 0 amide bonds. The summed E-state index contributed by atoms with van der Waals surface area (Å²) in [5.41, 5.74) is 0.769. The third kappa shape index (κ3) is 2.12. The van der Waals surface area contributed by atoms with Crippen LogP contribution in [-0.2, 0) is 0 Å². The van der Waals surface area contributed by atoms with Gasteiger partial charge in [-0.1, -0.05) is 5.92 Å². The molecular formula is C10H11NO2. The molecule has 0 radical (unpaired) electrons. The highest BCUT2D eigenvalue weighted by Gasteiger charge is 2.03. The molecule has 0 aromatic carbocycles. The van der Waals surface area contributed by atoms with Crippen molar-refractivity contribution in [1.82, 2.24) is 4.98 Å². The zero-order valence-electron chi connectivity index (χ0n) is 7.92. The van der Waals surface area contributed by atoms with Crippen molar-refractivity contribution in [3.63, 3.8) is 0 Å². The molecule has 0 fully saturated rings. The first kappa shape index (κ1) is 9.40. The van der Waals surface area contributed by atoms with Crippen LogP contribution in [-0.4, -0.2) is 19.2 Å². The lowest BCUT2D eigenvalue weighted by Gasteiger charge is -2.03. The maximum absolute atomic E-state index is 5.05. The van der Waals surface area contributed by atoms with Crippen LogP contribution in [0, 0.1) is 11.8 Å². The molecule has 3 heteroatoms. The van der Waals surface area contributed by atoms with E-state index in [-0.39, 0.29) is 0 Å². The Balaban J connectivity index is 3.13. The molecular weight excluding hydrogens is 166 g/mol. The van der Waals surface area contributed by atoms with E-state index < -0.39 is 0 Å². The van der Waals surface area contributed by atoms with Gasteiger partial charge in [0, 0.05) is 6.07 Å². The van der Waals surface area contributed by atoms with E-state index in [0.717, 1.165) is 5.56 Å². The molecule has 1 rings (SSSR count). The first-order chi connectivity index (χ1) is 6.31. The van der Waals surface area contributed by atoms with Crippen LogP contribution in [0.2, 0.25) is 0 Å². The quantitative estimate of drug-likeness (QED) is 0.641. The summed E-state index contributed by atoms with van der Waals surface area (Å²) >= 11 is 0. The number of nitrogens with zero attached hydrogens (tertiary/aromatic N) is 1. The largest absolute Gasteiger partial charge is 0.481 e. The van der Waals surface area contributed by atoms with Crippen molar-refractivity contribution in [1.29, 1.82) is 0 Å². The monoisotopic (exact) mass is 177 g/mol. The van der Waals surface area contributed by atoms with Gasteiger partial charge in [0.1, 0.15) is 0 Å². The van der Waals surface area contributed by atoms with Crippen LogP contribution in [0.15, 0.2) is 12.1 Å². The molecule has 0 atom stereocenters. The fraction of sp³-hybridized carbons (Fsp3) is 0.300. The predicted octanol–water partition coefficient (Wildman–Crippen LogP) is 1.47. The van der Waals surface area contributed by atoms with Gasteiger partial charge in [-0.2, -0.15) is 4.98 Å². The second kappa shape index (κ2) is 4.36. The van der Waals surface area contributed by atoms with Crippen molar-refractivity contribution >= 4 is 0 Å². The van der Waals surface area contributed by atoms with E-state index >= 15 is 0 Å². The SMILES string of the molecule is CC#Cc1ccc(OC)nc1OC. The Bertz CT molecular complexity index is 350. The zero-order chi connectivity index (χ0) is 9.68. The zero-order valence-corrected chi connectivity index (χ0v) is 7.92. The lowest BCUT2D eigenvalue weighted by molar-refractivity contribution is 0.364. The molecule has 68 valence electrons. The minimum absolute atomic E-state index is 0.494. The Morgan fingerprint density at radius 2 is 2.00 bits per heavy atom. The topological polar surface area (TPSA) is 31.4 Å². The lowest BCUT2D eigenvalue weighted by atomic mass is 10.3. The second-order valence-corrected chi connectivity index (χ2v) is 2.29. The van der Waals surface area contributed by atoms with Crippen molar-refractivity contribution in [2.45, 2.75) is 6.92 Å². The Labute approximate surface area is 77.7 Å². The van der Waals surface area contributed by atoms with Gasteiger partial charge in [0.05, 0.1) is 19.8 Å². The smallest absolute Gasteiger partial charge is 0.232 e. The maximum Gasteiger partial charge on any atom is 0.232 e. The molecule has 3 nitrogen and oxygen atoms in total. The molecule has 1 aromatic heterocycles. The molecule has 0 saturated carbocycles. The van der Waals surface area contributed by atoms with E-state index in [9.17, 15) is 0 Å². The molecule has 0 aliphatic heterocycles. The third-order valence-corrected chi connectivity index (χ3v) is 1.50. The van der Waals surface area contributed by atoms with Crippen LogP contribution in [0.4, 0.5) is 0 Å². The Morgan fingerprint density at radius 3 is 2.54 bits per heavy atom. The van der Waals surface area contributed by atoms with E-state index in [1.807, 2.05) is 6.07 Å². The van der Waals surface area contributed by atoms with Crippen molar-refractivity contribution in [3.8, 4) is 23.6 Å². The van der Waals surface area contributed by atoms with Crippen molar-refractivity contribution < 1.29 is 9.47 Å². The number of methoxy groups -OCH3 is 2. The van der Waals surface area contributed by atoms with Crippen LogP contribution in [0.3, 0.4) is 0 Å². The van der Waals surface area contributed by atoms with Gasteiger partial charge in [-0.3, -0.25) is 0 Å². The lowest BCUT2D eigenvalue weighted by Crippen LogP contribution is -1.94. The molecule has 0 aliphatic rings. The van der Waals surface area contributed by atoms with Crippen LogP contribution < -0.4 is 9.47 Å². The van der Waals surface area contributed by atoms with Gasteiger partial charge in [0.2, 0.25) is 11.8 Å². The first-order valence-electron chi connectivity index (χ1n) is 3.83. The fourth-order valence-corrected chi connectivity index (χ4v) is 0.923. The first-order valence-corrected chi connectivity index (χ1v) is 3.83. The van der Waals surface area contributed by atoms with E-state index in [2.05, 4.69) is 16.8 Å². The number of pyridine rings is 1. The second-order valence-electron chi connectivity index (χ2n) is 2.29. The minimum Gasteiger partial charge on any atom is -0.481 e. The van der Waals surface area contributed by atoms with E-state index in [1.54, 1.807) is 27.2 Å². The summed E-state index contributed by atoms with van der Waals surface area (Å²) in [6, 6.07) is 3.57. The van der Waals surface area contributed by atoms with Crippen LogP contribution in [0.25, 0.3) is 0 Å².